The van der Waals surface area contributed by atoms with E-state index in [1.165, 1.54) is 0 Å². The summed E-state index contributed by atoms with van der Waals surface area (Å²) in [4.78, 5) is 14.9. The second-order valence-electron chi connectivity index (χ2n) is 5.37. The summed E-state index contributed by atoms with van der Waals surface area (Å²) < 4.78 is 39.0. The van der Waals surface area contributed by atoms with Crippen LogP contribution >= 0.6 is 0 Å². The van der Waals surface area contributed by atoms with Crippen molar-refractivity contribution in [3.63, 3.8) is 0 Å². The average molecular weight is 287 g/mol. The minimum Gasteiger partial charge on any atom is -0.478 e. The topological polar surface area (TPSA) is 67.5 Å². The highest BCUT2D eigenvalue weighted by Gasteiger charge is 2.36. The molecule has 0 unspecified atom stereocenters. The number of carbonyl (C=O) groups is 1. The van der Waals surface area contributed by atoms with Crippen molar-refractivity contribution in [3.8, 4) is 0 Å². The van der Waals surface area contributed by atoms with Crippen molar-refractivity contribution in [3.05, 3.63) is 29.2 Å². The molecule has 0 atom stereocenters. The minimum absolute atomic E-state index is 0.0350. The number of aromatic nitrogens is 3. The van der Waals surface area contributed by atoms with Gasteiger partial charge in [-0.15, -0.1) is 0 Å². The first-order valence-electron chi connectivity index (χ1n) is 5.71. The van der Waals surface area contributed by atoms with Gasteiger partial charge >= 0.3 is 12.1 Å². The molecule has 0 amide bonds. The Balaban J connectivity index is 2.85. The zero-order chi connectivity index (χ0) is 15.3. The average Bonchev–Trinajstić information content (AvgIpc) is 2.68. The van der Waals surface area contributed by atoms with Crippen LogP contribution in [0.2, 0.25) is 0 Å². The summed E-state index contributed by atoms with van der Waals surface area (Å²) in [6.45, 7) is 5.09. The molecule has 5 nitrogen and oxygen atoms in total. The Labute approximate surface area is 112 Å². The largest absolute Gasteiger partial charge is 0.478 e. The molecule has 2 aromatic rings. The maximum Gasteiger partial charge on any atom is 0.435 e. The summed E-state index contributed by atoms with van der Waals surface area (Å²) in [7, 11) is 0. The summed E-state index contributed by atoms with van der Waals surface area (Å²) in [6, 6.07) is 0.793. The van der Waals surface area contributed by atoms with Crippen LogP contribution in [0.5, 0.6) is 0 Å². The molecule has 0 radical (unpaired) electrons. The fraction of sp³-hybridized carbons (Fsp3) is 0.417. The predicted octanol–water partition coefficient (Wildman–Crippen LogP) is 2.74. The van der Waals surface area contributed by atoms with Crippen molar-refractivity contribution in [2.45, 2.75) is 32.4 Å². The van der Waals surface area contributed by atoms with Gasteiger partial charge in [0.05, 0.1) is 11.3 Å². The maximum absolute atomic E-state index is 12.7. The van der Waals surface area contributed by atoms with E-state index in [-0.39, 0.29) is 16.9 Å². The lowest BCUT2D eigenvalue weighted by Crippen LogP contribution is -2.23. The van der Waals surface area contributed by atoms with Gasteiger partial charge in [-0.2, -0.15) is 18.3 Å². The van der Waals surface area contributed by atoms with E-state index >= 15 is 0 Å². The van der Waals surface area contributed by atoms with E-state index in [4.69, 9.17) is 5.11 Å². The SMILES string of the molecule is CC(C)(C)c1c(C(=O)O)cnc2cc(C(F)(F)F)nn12. The Morgan fingerprint density at radius 3 is 2.35 bits per heavy atom. The van der Waals surface area contributed by atoms with Gasteiger partial charge in [-0.3, -0.25) is 0 Å². The van der Waals surface area contributed by atoms with E-state index in [1.54, 1.807) is 20.8 Å². The number of carboxylic acids is 1. The van der Waals surface area contributed by atoms with Crippen molar-refractivity contribution >= 4 is 11.6 Å². The first-order valence-corrected chi connectivity index (χ1v) is 5.71. The Hall–Kier alpha value is -2.12. The van der Waals surface area contributed by atoms with Crippen LogP contribution in [0.3, 0.4) is 0 Å². The molecule has 8 heteroatoms. The number of nitrogens with zero attached hydrogens (tertiary/aromatic N) is 3. The Morgan fingerprint density at radius 2 is 1.90 bits per heavy atom. The van der Waals surface area contributed by atoms with Gasteiger partial charge in [-0.05, 0) is 0 Å². The fourth-order valence-electron chi connectivity index (χ4n) is 1.95. The van der Waals surface area contributed by atoms with Crippen LogP contribution in [0.1, 0.15) is 42.5 Å². The van der Waals surface area contributed by atoms with E-state index in [9.17, 15) is 18.0 Å². The highest BCUT2D eigenvalue weighted by Crippen LogP contribution is 2.31. The van der Waals surface area contributed by atoms with Crippen LogP contribution in [0.4, 0.5) is 13.2 Å². The molecule has 0 aliphatic rings. The fourth-order valence-corrected chi connectivity index (χ4v) is 1.95. The molecule has 2 rings (SSSR count). The monoisotopic (exact) mass is 287 g/mol. The van der Waals surface area contributed by atoms with E-state index in [1.807, 2.05) is 0 Å². The highest BCUT2D eigenvalue weighted by molar-refractivity contribution is 5.89. The summed E-state index contributed by atoms with van der Waals surface area (Å²) in [5.41, 5.74) is -1.83. The summed E-state index contributed by atoms with van der Waals surface area (Å²) in [5, 5.41) is 12.6. The molecule has 0 saturated carbocycles. The molecule has 2 heterocycles. The number of fused-ring (bicyclic) bond motifs is 1. The Morgan fingerprint density at radius 1 is 1.30 bits per heavy atom. The van der Waals surface area contributed by atoms with Crippen LogP contribution in [0.15, 0.2) is 12.3 Å². The van der Waals surface area contributed by atoms with Crippen molar-refractivity contribution in [2.75, 3.05) is 0 Å². The second kappa shape index (κ2) is 4.19. The molecule has 2 aromatic heterocycles. The van der Waals surface area contributed by atoms with Gasteiger partial charge in [-0.1, -0.05) is 20.8 Å². The number of halogens is 3. The van der Waals surface area contributed by atoms with Gasteiger partial charge in [0.2, 0.25) is 0 Å². The first kappa shape index (κ1) is 14.3. The normalized spacial score (nSPS) is 12.9. The lowest BCUT2D eigenvalue weighted by molar-refractivity contribution is -0.141. The molecule has 108 valence electrons. The number of aromatic carboxylic acids is 1. The highest BCUT2D eigenvalue weighted by atomic mass is 19.4. The Kier molecular flexibility index (Phi) is 2.99. The Bertz CT molecular complexity index is 684. The van der Waals surface area contributed by atoms with Crippen LogP contribution in [-0.2, 0) is 11.6 Å². The lowest BCUT2D eigenvalue weighted by atomic mass is 9.89. The zero-order valence-corrected chi connectivity index (χ0v) is 11.0. The summed E-state index contributed by atoms with van der Waals surface area (Å²) >= 11 is 0. The van der Waals surface area contributed by atoms with E-state index < -0.39 is 23.3 Å². The third-order valence-corrected chi connectivity index (χ3v) is 2.71. The minimum atomic E-state index is -4.60. The molecule has 0 fully saturated rings. The lowest BCUT2D eigenvalue weighted by Gasteiger charge is -2.21. The molecular formula is C12H12F3N3O2. The number of carboxylic acid groups (broad SMARTS) is 1. The number of rotatable bonds is 1. The molecular weight excluding hydrogens is 275 g/mol. The van der Waals surface area contributed by atoms with Gasteiger partial charge in [0.1, 0.15) is 0 Å². The van der Waals surface area contributed by atoms with Crippen molar-refractivity contribution < 1.29 is 23.1 Å². The molecule has 0 bridgehead atoms. The zero-order valence-electron chi connectivity index (χ0n) is 11.0. The van der Waals surface area contributed by atoms with E-state index in [0.717, 1.165) is 16.8 Å². The number of hydrogen-bond donors (Lipinski definition) is 1. The summed E-state index contributed by atoms with van der Waals surface area (Å²) in [6.07, 6.45) is -3.55. The van der Waals surface area contributed by atoms with E-state index in [0.29, 0.717) is 0 Å². The molecule has 0 aliphatic carbocycles. The third-order valence-electron chi connectivity index (χ3n) is 2.71. The smallest absolute Gasteiger partial charge is 0.435 e. The number of alkyl halides is 3. The van der Waals surface area contributed by atoms with Crippen LogP contribution in [-0.4, -0.2) is 25.7 Å². The number of hydrogen-bond acceptors (Lipinski definition) is 3. The standard InChI is InChI=1S/C12H12F3N3O2/c1-11(2,3)9-6(10(19)20)5-16-8-4-7(12(13,14)15)17-18(8)9/h4-5H,1-3H3,(H,19,20). The molecule has 20 heavy (non-hydrogen) atoms. The predicted molar refractivity (Wildman–Crippen MR) is 63.6 cm³/mol. The van der Waals surface area contributed by atoms with Gasteiger partial charge < -0.3 is 5.11 Å². The second-order valence-corrected chi connectivity index (χ2v) is 5.37. The van der Waals surface area contributed by atoms with Gasteiger partial charge in [0, 0.05) is 17.7 Å². The van der Waals surface area contributed by atoms with Crippen molar-refractivity contribution in [1.29, 1.82) is 0 Å². The molecule has 0 spiro atoms. The maximum atomic E-state index is 12.7. The first-order chi connectivity index (χ1) is 9.01. The van der Waals surface area contributed by atoms with Gasteiger partial charge in [-0.25, -0.2) is 14.3 Å². The van der Waals surface area contributed by atoms with Gasteiger partial charge in [0.15, 0.2) is 11.3 Å². The quantitative estimate of drug-likeness (QED) is 0.875. The van der Waals surface area contributed by atoms with Crippen molar-refractivity contribution in [2.24, 2.45) is 0 Å². The summed E-state index contributed by atoms with van der Waals surface area (Å²) in [5.74, 6) is -1.26. The molecule has 0 aromatic carbocycles. The third kappa shape index (κ3) is 2.33. The van der Waals surface area contributed by atoms with Crippen LogP contribution in [0.25, 0.3) is 5.65 Å². The van der Waals surface area contributed by atoms with E-state index in [2.05, 4.69) is 10.1 Å². The van der Waals surface area contributed by atoms with Crippen molar-refractivity contribution in [1.82, 2.24) is 14.6 Å². The molecule has 0 aliphatic heterocycles. The van der Waals surface area contributed by atoms with Crippen LogP contribution in [0, 0.1) is 0 Å². The van der Waals surface area contributed by atoms with Crippen LogP contribution < -0.4 is 0 Å². The molecule has 0 saturated heterocycles. The van der Waals surface area contributed by atoms with Gasteiger partial charge in [0.25, 0.3) is 0 Å². The molecule has 1 N–H and O–H groups in total.